The van der Waals surface area contributed by atoms with Gasteiger partial charge in [-0.1, -0.05) is 110 Å². The minimum atomic E-state index is -0.409. The Kier molecular flexibility index (Phi) is 14.4. The highest BCUT2D eigenvalue weighted by molar-refractivity contribution is 4.97. The smallest absolute Gasteiger partial charge is 0.262 e. The summed E-state index contributed by atoms with van der Waals surface area (Å²) < 4.78 is 2.05. The molecule has 1 heterocycles. The van der Waals surface area contributed by atoms with Crippen LogP contribution in [0.1, 0.15) is 123 Å². The van der Waals surface area contributed by atoms with Gasteiger partial charge in [-0.3, -0.25) is 0 Å². The van der Waals surface area contributed by atoms with E-state index in [4.69, 9.17) is 0 Å². The van der Waals surface area contributed by atoms with Crippen molar-refractivity contribution in [1.82, 2.24) is 0 Å². The van der Waals surface area contributed by atoms with Crippen molar-refractivity contribution >= 4 is 0 Å². The molecule has 156 valence electrons. The van der Waals surface area contributed by atoms with E-state index in [0.717, 1.165) is 6.42 Å². The minimum absolute atomic E-state index is 0.243. The number of aryl methyl sites for hydroxylation is 1. The van der Waals surface area contributed by atoms with Gasteiger partial charge < -0.3 is 5.11 Å². The van der Waals surface area contributed by atoms with E-state index in [2.05, 4.69) is 32.9 Å². The van der Waals surface area contributed by atoms with E-state index in [1.165, 1.54) is 95.6 Å². The molecule has 2 nitrogen and oxygen atoms in total. The molecule has 0 radical (unpaired) electrons. The maximum Gasteiger partial charge on any atom is 0.262 e. The molecule has 0 aliphatic carbocycles. The van der Waals surface area contributed by atoms with Gasteiger partial charge in [0.15, 0.2) is 11.9 Å². The van der Waals surface area contributed by atoms with Gasteiger partial charge in [0.25, 0.3) is 6.23 Å². The molecule has 1 aromatic heterocycles. The molecular formula is C25H46NO+. The van der Waals surface area contributed by atoms with Crippen molar-refractivity contribution in [2.75, 3.05) is 0 Å². The standard InChI is InChI=1S/C25H46NO/c1-4-5-6-7-8-9-10-11-12-13-14-15-16-17-20-24-21-18-19-22-26(24)25(27)23(2)3/h18-19,21-23,25,27H,4-17,20H2,1-3H3/q+1. The number of unbranched alkanes of at least 4 members (excludes halogenated alkanes) is 13. The Balaban J connectivity index is 1.99. The monoisotopic (exact) mass is 376 g/mol. The van der Waals surface area contributed by atoms with Gasteiger partial charge in [0.1, 0.15) is 0 Å². The molecule has 2 heteroatoms. The first kappa shape index (κ1) is 24.1. The first-order valence-corrected chi connectivity index (χ1v) is 11.8. The van der Waals surface area contributed by atoms with Crippen LogP contribution in [0.4, 0.5) is 0 Å². The molecule has 27 heavy (non-hydrogen) atoms. The maximum atomic E-state index is 10.4. The zero-order valence-electron chi connectivity index (χ0n) is 18.5. The van der Waals surface area contributed by atoms with Crippen LogP contribution >= 0.6 is 0 Å². The predicted molar refractivity (Wildman–Crippen MR) is 117 cm³/mol. The molecule has 0 amide bonds. The van der Waals surface area contributed by atoms with Crippen LogP contribution in [-0.2, 0) is 6.42 Å². The van der Waals surface area contributed by atoms with Gasteiger partial charge in [-0.05, 0) is 6.42 Å². The van der Waals surface area contributed by atoms with Crippen LogP contribution in [0.25, 0.3) is 0 Å². The lowest BCUT2D eigenvalue weighted by atomic mass is 10.0. The third-order valence-corrected chi connectivity index (χ3v) is 5.65. The molecule has 0 spiro atoms. The Labute approximate surface area is 169 Å². The summed E-state index contributed by atoms with van der Waals surface area (Å²) in [5, 5.41) is 10.4. The Bertz CT molecular complexity index is 457. The highest BCUT2D eigenvalue weighted by Crippen LogP contribution is 2.14. The molecular weight excluding hydrogens is 330 g/mol. The molecule has 1 unspecified atom stereocenters. The minimum Gasteiger partial charge on any atom is -0.336 e. The summed E-state index contributed by atoms with van der Waals surface area (Å²) in [5.41, 5.74) is 1.26. The van der Waals surface area contributed by atoms with E-state index < -0.39 is 6.23 Å². The molecule has 0 fully saturated rings. The van der Waals surface area contributed by atoms with Crippen LogP contribution < -0.4 is 4.57 Å². The first-order valence-electron chi connectivity index (χ1n) is 11.8. The van der Waals surface area contributed by atoms with Crippen LogP contribution in [0.3, 0.4) is 0 Å². The SMILES string of the molecule is CCCCCCCCCCCCCCCCc1cccc[n+]1C(O)C(C)C. The molecule has 1 aromatic rings. The topological polar surface area (TPSA) is 24.1 Å². The fraction of sp³-hybridized carbons (Fsp3) is 0.800. The van der Waals surface area contributed by atoms with Crippen LogP contribution in [0.15, 0.2) is 24.4 Å². The van der Waals surface area contributed by atoms with Gasteiger partial charge >= 0.3 is 0 Å². The zero-order valence-corrected chi connectivity index (χ0v) is 18.5. The Morgan fingerprint density at radius 2 is 1.22 bits per heavy atom. The van der Waals surface area contributed by atoms with Crippen LogP contribution in [0, 0.1) is 5.92 Å². The summed E-state index contributed by atoms with van der Waals surface area (Å²) in [6.07, 6.45) is 22.2. The van der Waals surface area contributed by atoms with Gasteiger partial charge in [-0.25, -0.2) is 0 Å². The molecule has 1 atom stereocenters. The normalized spacial score (nSPS) is 12.6. The van der Waals surface area contributed by atoms with E-state index in [1.54, 1.807) is 0 Å². The molecule has 0 bridgehead atoms. The number of aliphatic hydroxyl groups excluding tert-OH is 1. The number of hydrogen-bond donors (Lipinski definition) is 1. The molecule has 0 aliphatic rings. The van der Waals surface area contributed by atoms with E-state index in [9.17, 15) is 5.11 Å². The Hall–Kier alpha value is -0.890. The Morgan fingerprint density at radius 3 is 1.70 bits per heavy atom. The average molecular weight is 377 g/mol. The van der Waals surface area contributed by atoms with Crippen molar-refractivity contribution in [2.24, 2.45) is 5.92 Å². The van der Waals surface area contributed by atoms with Gasteiger partial charge in [-0.15, -0.1) is 0 Å². The summed E-state index contributed by atoms with van der Waals surface area (Å²) in [4.78, 5) is 0. The van der Waals surface area contributed by atoms with Gasteiger partial charge in [0.05, 0.1) is 0 Å². The molecule has 0 aliphatic heterocycles. The second-order valence-corrected chi connectivity index (χ2v) is 8.60. The highest BCUT2D eigenvalue weighted by atomic mass is 16.3. The average Bonchev–Trinajstić information content (AvgIpc) is 2.68. The number of aromatic nitrogens is 1. The molecule has 0 saturated carbocycles. The summed E-state index contributed by atoms with van der Waals surface area (Å²) in [5.74, 6) is 0.243. The number of pyridine rings is 1. The molecule has 1 rings (SSSR count). The Morgan fingerprint density at radius 1 is 0.741 bits per heavy atom. The van der Waals surface area contributed by atoms with E-state index >= 15 is 0 Å². The van der Waals surface area contributed by atoms with Crippen molar-refractivity contribution in [2.45, 2.75) is 123 Å². The van der Waals surface area contributed by atoms with Crippen LogP contribution in [-0.4, -0.2) is 5.11 Å². The number of rotatable bonds is 17. The lowest BCUT2D eigenvalue weighted by Gasteiger charge is -2.12. The van der Waals surface area contributed by atoms with Crippen LogP contribution in [0.2, 0.25) is 0 Å². The third-order valence-electron chi connectivity index (χ3n) is 5.65. The number of aliphatic hydroxyl groups is 1. The van der Waals surface area contributed by atoms with E-state index in [-0.39, 0.29) is 5.92 Å². The van der Waals surface area contributed by atoms with Crippen molar-refractivity contribution in [3.8, 4) is 0 Å². The summed E-state index contributed by atoms with van der Waals surface area (Å²) in [6, 6.07) is 6.26. The van der Waals surface area contributed by atoms with Gasteiger partial charge in [-0.2, -0.15) is 4.57 Å². The van der Waals surface area contributed by atoms with Crippen LogP contribution in [0.5, 0.6) is 0 Å². The molecule has 1 N–H and O–H groups in total. The molecule has 0 aromatic carbocycles. The van der Waals surface area contributed by atoms with Crippen molar-refractivity contribution in [3.63, 3.8) is 0 Å². The highest BCUT2D eigenvalue weighted by Gasteiger charge is 2.22. The third kappa shape index (κ3) is 11.5. The summed E-state index contributed by atoms with van der Waals surface area (Å²) >= 11 is 0. The fourth-order valence-electron chi connectivity index (χ4n) is 3.78. The van der Waals surface area contributed by atoms with Crippen molar-refractivity contribution in [3.05, 3.63) is 30.1 Å². The largest absolute Gasteiger partial charge is 0.336 e. The fourth-order valence-corrected chi connectivity index (χ4v) is 3.78. The number of hydrogen-bond acceptors (Lipinski definition) is 1. The second kappa shape index (κ2) is 16.1. The van der Waals surface area contributed by atoms with Crippen molar-refractivity contribution < 1.29 is 9.67 Å². The van der Waals surface area contributed by atoms with Gasteiger partial charge in [0.2, 0.25) is 0 Å². The lowest BCUT2D eigenvalue weighted by molar-refractivity contribution is -0.772. The second-order valence-electron chi connectivity index (χ2n) is 8.60. The lowest BCUT2D eigenvalue weighted by Crippen LogP contribution is -2.45. The number of nitrogens with zero attached hydrogens (tertiary/aromatic N) is 1. The summed E-state index contributed by atoms with van der Waals surface area (Å²) in [6.45, 7) is 6.43. The quantitative estimate of drug-likeness (QED) is 0.227. The predicted octanol–water partition coefficient (Wildman–Crippen LogP) is 7.14. The zero-order chi connectivity index (χ0) is 19.7. The first-order chi connectivity index (χ1) is 13.2. The van der Waals surface area contributed by atoms with Crippen molar-refractivity contribution in [1.29, 1.82) is 0 Å². The van der Waals surface area contributed by atoms with E-state index in [0.29, 0.717) is 0 Å². The molecule has 0 saturated heterocycles. The summed E-state index contributed by atoms with van der Waals surface area (Å²) in [7, 11) is 0. The van der Waals surface area contributed by atoms with E-state index in [1.807, 2.05) is 16.8 Å². The maximum absolute atomic E-state index is 10.4. The van der Waals surface area contributed by atoms with Gasteiger partial charge in [0, 0.05) is 24.5 Å².